The molecule has 7 nitrogen and oxygen atoms in total. The van der Waals surface area contributed by atoms with Gasteiger partial charge >= 0.3 is 0 Å². The minimum absolute atomic E-state index is 0.0223. The highest BCUT2D eigenvalue weighted by Crippen LogP contribution is 2.66. The van der Waals surface area contributed by atoms with Crippen LogP contribution in [0.1, 0.15) is 26.7 Å². The summed E-state index contributed by atoms with van der Waals surface area (Å²) in [5.74, 6) is -1.53. The molecular weight excluding hydrogens is 462 g/mol. The number of thioether (sulfide) groups is 1. The van der Waals surface area contributed by atoms with E-state index >= 15 is 0 Å². The van der Waals surface area contributed by atoms with Crippen LogP contribution < -0.4 is 4.90 Å². The summed E-state index contributed by atoms with van der Waals surface area (Å²) in [5.41, 5.74) is 0.765. The van der Waals surface area contributed by atoms with E-state index in [9.17, 15) is 19.5 Å². The Bertz CT molecular complexity index is 999. The first-order valence-corrected chi connectivity index (χ1v) is 13.2. The topological polar surface area (TPSA) is 81.2 Å². The molecule has 3 heterocycles. The first kappa shape index (κ1) is 25.5. The lowest BCUT2D eigenvalue weighted by Crippen LogP contribution is -2.56. The number of hydrogen-bond donors (Lipinski definition) is 1. The van der Waals surface area contributed by atoms with Crippen LogP contribution in [0, 0.1) is 11.8 Å². The van der Waals surface area contributed by atoms with Crippen molar-refractivity contribution in [3.05, 3.63) is 55.6 Å². The Kier molecular flexibility index (Phi) is 7.43. The predicted molar refractivity (Wildman–Crippen MR) is 139 cm³/mol. The number of hydrogen-bond acceptors (Lipinski definition) is 5. The van der Waals surface area contributed by atoms with E-state index in [2.05, 4.69) is 13.2 Å². The molecule has 3 fully saturated rings. The molecule has 1 N–H and O–H groups in total. The fourth-order valence-electron chi connectivity index (χ4n) is 6.15. The summed E-state index contributed by atoms with van der Waals surface area (Å²) >= 11 is 1.64. The minimum atomic E-state index is -0.702. The Labute approximate surface area is 211 Å². The fraction of sp³-hybridized carbons (Fsp3) is 0.519. The standard InChI is InChI=1S/C27H35N3O4S/c1-5-14-28(18(3)4)26(34)23-27-13-12-20(35-27)21(22(27)25(33)30(23)16-17-31)24(32)29(15-6-2)19-10-8-7-9-11-19/h5-11,18,20-23,31H,1-2,12-17H2,3-4H3/t20-,21+,22+,23?,27?/m1/s1. The Morgan fingerprint density at radius 3 is 2.49 bits per heavy atom. The van der Waals surface area contributed by atoms with E-state index in [4.69, 9.17) is 0 Å². The molecule has 2 unspecified atom stereocenters. The summed E-state index contributed by atoms with van der Waals surface area (Å²) in [7, 11) is 0. The highest BCUT2D eigenvalue weighted by molar-refractivity contribution is 8.02. The number of aliphatic hydroxyl groups excluding tert-OH is 1. The Morgan fingerprint density at radius 1 is 1.20 bits per heavy atom. The van der Waals surface area contributed by atoms with Gasteiger partial charge in [-0.25, -0.2) is 0 Å². The maximum absolute atomic E-state index is 14.0. The molecule has 0 radical (unpaired) electrons. The van der Waals surface area contributed by atoms with E-state index in [0.29, 0.717) is 19.5 Å². The van der Waals surface area contributed by atoms with Gasteiger partial charge in [-0.2, -0.15) is 0 Å². The molecular formula is C27H35N3O4S. The fourth-order valence-corrected chi connectivity index (χ4v) is 8.36. The number of amides is 3. The first-order chi connectivity index (χ1) is 16.8. The summed E-state index contributed by atoms with van der Waals surface area (Å²) in [5, 5.41) is 9.76. The van der Waals surface area contributed by atoms with Crippen molar-refractivity contribution in [3.8, 4) is 0 Å². The van der Waals surface area contributed by atoms with Crippen LogP contribution >= 0.6 is 11.8 Å². The number of rotatable bonds is 10. The average molecular weight is 498 g/mol. The molecule has 3 aliphatic rings. The Morgan fingerprint density at radius 2 is 1.89 bits per heavy atom. The molecule has 3 amide bonds. The highest BCUT2D eigenvalue weighted by atomic mass is 32.2. The first-order valence-electron chi connectivity index (χ1n) is 12.3. The van der Waals surface area contributed by atoms with E-state index in [-0.39, 0.29) is 42.2 Å². The third-order valence-electron chi connectivity index (χ3n) is 7.54. The summed E-state index contributed by atoms with van der Waals surface area (Å²) in [6, 6.07) is 8.66. The maximum Gasteiger partial charge on any atom is 0.247 e. The maximum atomic E-state index is 14.0. The zero-order valence-electron chi connectivity index (χ0n) is 20.5. The van der Waals surface area contributed by atoms with Crippen LogP contribution in [0.2, 0.25) is 0 Å². The summed E-state index contributed by atoms with van der Waals surface area (Å²) in [6.45, 7) is 12.1. The number of carbonyl (C=O) groups excluding carboxylic acids is 3. The molecule has 4 rings (SSSR count). The number of anilines is 1. The Balaban J connectivity index is 1.74. The lowest BCUT2D eigenvalue weighted by atomic mass is 9.70. The van der Waals surface area contributed by atoms with Crippen molar-refractivity contribution in [3.63, 3.8) is 0 Å². The van der Waals surface area contributed by atoms with E-state index in [1.54, 1.807) is 38.6 Å². The molecule has 3 aliphatic heterocycles. The molecule has 0 saturated carbocycles. The summed E-state index contributed by atoms with van der Waals surface area (Å²) < 4.78 is -0.667. The zero-order valence-corrected chi connectivity index (χ0v) is 21.3. The minimum Gasteiger partial charge on any atom is -0.395 e. The molecule has 5 atom stereocenters. The van der Waals surface area contributed by atoms with Crippen LogP contribution in [-0.4, -0.2) is 80.9 Å². The quantitative estimate of drug-likeness (QED) is 0.503. The van der Waals surface area contributed by atoms with Crippen molar-refractivity contribution in [1.82, 2.24) is 9.80 Å². The Hall–Kier alpha value is -2.58. The molecule has 1 aromatic rings. The third kappa shape index (κ3) is 4.10. The van der Waals surface area contributed by atoms with E-state index < -0.39 is 22.6 Å². The third-order valence-corrected chi connectivity index (χ3v) is 9.49. The van der Waals surface area contributed by atoms with Gasteiger partial charge in [-0.3, -0.25) is 14.4 Å². The van der Waals surface area contributed by atoms with E-state index in [1.807, 2.05) is 44.2 Å². The average Bonchev–Trinajstić information content (AvgIpc) is 3.48. The molecule has 3 saturated heterocycles. The number of β-amino-alcohol motifs (C(OH)–C–C–N with tert-alkyl or cyclic N) is 1. The van der Waals surface area contributed by atoms with Gasteiger partial charge in [0.1, 0.15) is 6.04 Å². The van der Waals surface area contributed by atoms with Crippen LogP contribution in [-0.2, 0) is 14.4 Å². The van der Waals surface area contributed by atoms with Gasteiger partial charge in [-0.15, -0.1) is 24.9 Å². The van der Waals surface area contributed by atoms with Gasteiger partial charge < -0.3 is 19.8 Å². The van der Waals surface area contributed by atoms with Gasteiger partial charge in [0.15, 0.2) is 0 Å². The number of benzene rings is 1. The van der Waals surface area contributed by atoms with Crippen LogP contribution in [0.3, 0.4) is 0 Å². The lowest BCUT2D eigenvalue weighted by molar-refractivity contribution is -0.143. The van der Waals surface area contributed by atoms with Crippen LogP contribution in [0.25, 0.3) is 0 Å². The predicted octanol–water partition coefficient (Wildman–Crippen LogP) is 2.71. The SMILES string of the molecule is C=CCN(C(=O)[C@@H]1[C@H]2C(=O)N(CCO)C(C(=O)N(CC=C)C(C)C)C23CC[C@H]1S3)c1ccccc1. The smallest absolute Gasteiger partial charge is 0.247 e. The molecule has 1 spiro atoms. The van der Waals surface area contributed by atoms with Crippen molar-refractivity contribution in [2.45, 2.75) is 48.8 Å². The van der Waals surface area contributed by atoms with Gasteiger partial charge in [0, 0.05) is 36.6 Å². The molecule has 8 heteroatoms. The molecule has 0 aromatic heterocycles. The summed E-state index contributed by atoms with van der Waals surface area (Å²) in [4.78, 5) is 46.8. The monoisotopic (exact) mass is 497 g/mol. The number of nitrogens with zero attached hydrogens (tertiary/aromatic N) is 3. The van der Waals surface area contributed by atoms with Crippen molar-refractivity contribution in [1.29, 1.82) is 0 Å². The van der Waals surface area contributed by atoms with Crippen molar-refractivity contribution in [2.24, 2.45) is 11.8 Å². The van der Waals surface area contributed by atoms with E-state index in [0.717, 1.165) is 12.1 Å². The van der Waals surface area contributed by atoms with Crippen molar-refractivity contribution >= 4 is 35.2 Å². The number of likely N-dealkylation sites (tertiary alicyclic amines) is 1. The second-order valence-corrected chi connectivity index (χ2v) is 11.4. The van der Waals surface area contributed by atoms with Gasteiger partial charge in [-0.05, 0) is 38.8 Å². The zero-order chi connectivity index (χ0) is 25.3. The number of aliphatic hydroxyl groups is 1. The molecule has 0 aliphatic carbocycles. The molecule has 35 heavy (non-hydrogen) atoms. The number of carbonyl (C=O) groups is 3. The van der Waals surface area contributed by atoms with Crippen LogP contribution in [0.4, 0.5) is 5.69 Å². The van der Waals surface area contributed by atoms with Gasteiger partial charge in [0.2, 0.25) is 17.7 Å². The summed E-state index contributed by atoms with van der Waals surface area (Å²) in [6.07, 6.45) is 4.87. The normalized spacial score (nSPS) is 28.8. The van der Waals surface area contributed by atoms with Crippen LogP contribution in [0.5, 0.6) is 0 Å². The van der Waals surface area contributed by atoms with Gasteiger partial charge in [0.05, 0.1) is 23.2 Å². The molecule has 1 aromatic carbocycles. The number of para-hydroxylation sites is 1. The second kappa shape index (κ2) is 10.2. The largest absolute Gasteiger partial charge is 0.395 e. The van der Waals surface area contributed by atoms with Gasteiger partial charge in [-0.1, -0.05) is 30.4 Å². The lowest BCUT2D eigenvalue weighted by Gasteiger charge is -2.38. The molecule has 2 bridgehead atoms. The van der Waals surface area contributed by atoms with Crippen molar-refractivity contribution in [2.75, 3.05) is 31.1 Å². The van der Waals surface area contributed by atoms with Crippen LogP contribution in [0.15, 0.2) is 55.6 Å². The highest BCUT2D eigenvalue weighted by Gasteiger charge is 2.74. The second-order valence-electron chi connectivity index (χ2n) is 9.76. The number of fused-ring (bicyclic) bond motifs is 1. The van der Waals surface area contributed by atoms with Gasteiger partial charge in [0.25, 0.3) is 0 Å². The van der Waals surface area contributed by atoms with Crippen molar-refractivity contribution < 1.29 is 19.5 Å². The van der Waals surface area contributed by atoms with E-state index in [1.165, 1.54) is 0 Å². The molecule has 188 valence electrons.